The summed E-state index contributed by atoms with van der Waals surface area (Å²) in [5, 5.41) is 13.6. The number of halogens is 1. The van der Waals surface area contributed by atoms with E-state index < -0.39 is 15.9 Å². The maximum Gasteiger partial charge on any atom is 0.276 e. The highest BCUT2D eigenvalue weighted by Crippen LogP contribution is 2.18. The number of nitrogen functional groups attached to an aromatic ring is 1. The molecule has 3 aromatic rings. The van der Waals surface area contributed by atoms with E-state index in [9.17, 15) is 13.2 Å². The number of carbonyl (C=O) groups is 1. The smallest absolute Gasteiger partial charge is 0.276 e. The first-order valence-electron chi connectivity index (χ1n) is 7.81. The number of rotatable bonds is 5. The van der Waals surface area contributed by atoms with Crippen LogP contribution in [0.15, 0.2) is 64.7 Å². The molecule has 0 unspecified atom stereocenters. The van der Waals surface area contributed by atoms with Gasteiger partial charge in [-0.3, -0.25) is 4.79 Å². The van der Waals surface area contributed by atoms with E-state index in [-0.39, 0.29) is 16.3 Å². The van der Waals surface area contributed by atoms with Crippen molar-refractivity contribution in [3.63, 3.8) is 0 Å². The summed E-state index contributed by atoms with van der Waals surface area (Å²) in [5.74, 6) is -0.474. The van der Waals surface area contributed by atoms with E-state index in [2.05, 4.69) is 15.6 Å². The summed E-state index contributed by atoms with van der Waals surface area (Å²) in [6.45, 7) is 0. The lowest BCUT2D eigenvalue weighted by Gasteiger charge is -2.06. The van der Waals surface area contributed by atoms with Gasteiger partial charge < -0.3 is 5.73 Å². The van der Waals surface area contributed by atoms with E-state index in [0.717, 1.165) is 5.56 Å². The third-order valence-electron chi connectivity index (χ3n) is 3.71. The van der Waals surface area contributed by atoms with E-state index in [1.54, 1.807) is 24.3 Å². The molecule has 0 aliphatic rings. The quantitative estimate of drug-likeness (QED) is 0.424. The number of nitrogens with zero attached hydrogens (tertiary/aromatic N) is 3. The predicted molar refractivity (Wildman–Crippen MR) is 106 cm³/mol. The number of anilines is 1. The largest absolute Gasteiger partial charge is 0.383 e. The van der Waals surface area contributed by atoms with Gasteiger partial charge in [-0.15, -0.1) is 0 Å². The minimum atomic E-state index is -3.80. The van der Waals surface area contributed by atoms with Gasteiger partial charge in [-0.05, 0) is 42.0 Å². The van der Waals surface area contributed by atoms with Gasteiger partial charge in [0.2, 0.25) is 10.0 Å². The second-order valence-corrected chi connectivity index (χ2v) is 7.64. The highest BCUT2D eigenvalue weighted by Gasteiger charge is 2.16. The van der Waals surface area contributed by atoms with Crippen LogP contribution in [0.3, 0.4) is 0 Å². The second kappa shape index (κ2) is 7.80. The van der Waals surface area contributed by atoms with Crippen LogP contribution in [-0.2, 0) is 10.0 Å². The van der Waals surface area contributed by atoms with Gasteiger partial charge in [0.25, 0.3) is 5.91 Å². The molecule has 0 aliphatic heterocycles. The molecule has 0 saturated heterocycles. The van der Waals surface area contributed by atoms with Crippen molar-refractivity contribution in [2.24, 2.45) is 10.2 Å². The van der Waals surface area contributed by atoms with Crippen molar-refractivity contribution in [1.82, 2.24) is 15.2 Å². The van der Waals surface area contributed by atoms with Crippen LogP contribution in [-0.4, -0.2) is 30.3 Å². The van der Waals surface area contributed by atoms with Gasteiger partial charge in [0.15, 0.2) is 0 Å². The Bertz CT molecular complexity index is 1140. The first-order valence-corrected chi connectivity index (χ1v) is 9.74. The molecule has 2 aromatic carbocycles. The molecule has 0 atom stereocenters. The molecule has 0 bridgehead atoms. The normalized spacial score (nSPS) is 11.6. The molecular weight excluding hydrogens is 404 g/mol. The van der Waals surface area contributed by atoms with Gasteiger partial charge in [-0.25, -0.2) is 23.7 Å². The zero-order chi connectivity index (χ0) is 20.3. The van der Waals surface area contributed by atoms with Gasteiger partial charge >= 0.3 is 0 Å². The SMILES string of the molecule is Nc1c(C(=O)N/N=C/c2ccc(Cl)cc2)cnn1-c1ccc(S(N)(=O)=O)cc1. The van der Waals surface area contributed by atoms with Crippen molar-refractivity contribution >= 4 is 39.6 Å². The molecule has 0 fully saturated rings. The van der Waals surface area contributed by atoms with Gasteiger partial charge in [0.1, 0.15) is 11.4 Å². The van der Waals surface area contributed by atoms with Gasteiger partial charge in [-0.1, -0.05) is 23.7 Å². The Morgan fingerprint density at radius 1 is 1.14 bits per heavy atom. The van der Waals surface area contributed by atoms with Crippen LogP contribution in [0.2, 0.25) is 5.02 Å². The number of nitrogens with one attached hydrogen (secondary N) is 1. The highest BCUT2D eigenvalue weighted by molar-refractivity contribution is 7.89. The molecule has 1 heterocycles. The summed E-state index contributed by atoms with van der Waals surface area (Å²) >= 11 is 5.80. The molecule has 28 heavy (non-hydrogen) atoms. The Hall–Kier alpha value is -3.21. The average Bonchev–Trinajstić information content (AvgIpc) is 3.04. The minimum Gasteiger partial charge on any atom is -0.383 e. The topological polar surface area (TPSA) is 145 Å². The van der Waals surface area contributed by atoms with E-state index in [1.807, 2.05) is 0 Å². The lowest BCUT2D eigenvalue weighted by molar-refractivity contribution is 0.0956. The molecule has 0 spiro atoms. The molecule has 0 aliphatic carbocycles. The maximum absolute atomic E-state index is 12.3. The average molecular weight is 419 g/mol. The summed E-state index contributed by atoms with van der Waals surface area (Å²) < 4.78 is 23.9. The van der Waals surface area contributed by atoms with Crippen LogP contribution < -0.4 is 16.3 Å². The van der Waals surface area contributed by atoms with E-state index in [4.69, 9.17) is 22.5 Å². The van der Waals surface area contributed by atoms with Crippen molar-refractivity contribution in [2.45, 2.75) is 4.90 Å². The van der Waals surface area contributed by atoms with Gasteiger partial charge in [0, 0.05) is 5.02 Å². The molecule has 1 aromatic heterocycles. The fourth-order valence-electron chi connectivity index (χ4n) is 2.29. The summed E-state index contributed by atoms with van der Waals surface area (Å²) in [6, 6.07) is 12.5. The number of nitrogens with two attached hydrogens (primary N) is 2. The van der Waals surface area contributed by atoms with Crippen LogP contribution >= 0.6 is 11.6 Å². The number of hydrogen-bond donors (Lipinski definition) is 3. The highest BCUT2D eigenvalue weighted by atomic mass is 35.5. The monoisotopic (exact) mass is 418 g/mol. The van der Waals surface area contributed by atoms with Crippen LogP contribution in [0.5, 0.6) is 0 Å². The number of primary sulfonamides is 1. The van der Waals surface area contributed by atoms with Crippen molar-refractivity contribution < 1.29 is 13.2 Å². The number of carbonyl (C=O) groups excluding carboxylic acids is 1. The van der Waals surface area contributed by atoms with Crippen LogP contribution in [0.1, 0.15) is 15.9 Å². The summed E-state index contributed by atoms with van der Waals surface area (Å²) in [7, 11) is -3.80. The van der Waals surface area contributed by atoms with Crippen LogP contribution in [0.25, 0.3) is 5.69 Å². The van der Waals surface area contributed by atoms with Crippen molar-refractivity contribution in [2.75, 3.05) is 5.73 Å². The molecule has 1 amide bonds. The zero-order valence-corrected chi connectivity index (χ0v) is 15.9. The standard InChI is InChI=1S/C17H15ClN6O3S/c18-12-3-1-11(2-4-12)9-21-23-17(25)15-10-22-24(16(15)19)13-5-7-14(8-6-13)28(20,26)27/h1-10H,19H2,(H,23,25)(H2,20,26,27)/b21-9+. The lowest BCUT2D eigenvalue weighted by Crippen LogP contribution is -2.19. The van der Waals surface area contributed by atoms with E-state index >= 15 is 0 Å². The summed E-state index contributed by atoms with van der Waals surface area (Å²) in [5.41, 5.74) is 9.69. The molecular formula is C17H15ClN6O3S. The number of aromatic nitrogens is 2. The number of hydrazone groups is 1. The fourth-order valence-corrected chi connectivity index (χ4v) is 2.93. The Labute approximate surface area is 165 Å². The van der Waals surface area contributed by atoms with Crippen molar-refractivity contribution in [3.8, 4) is 5.69 Å². The number of sulfonamides is 1. The van der Waals surface area contributed by atoms with Gasteiger partial charge in [-0.2, -0.15) is 10.2 Å². The van der Waals surface area contributed by atoms with Crippen molar-refractivity contribution in [3.05, 3.63) is 70.9 Å². The Balaban J connectivity index is 1.75. The third-order valence-corrected chi connectivity index (χ3v) is 4.89. The van der Waals surface area contributed by atoms with Crippen molar-refractivity contribution in [1.29, 1.82) is 0 Å². The first-order chi connectivity index (χ1) is 13.3. The van der Waals surface area contributed by atoms with E-state index in [1.165, 1.54) is 41.4 Å². The molecule has 144 valence electrons. The molecule has 3 rings (SSSR count). The van der Waals surface area contributed by atoms with Crippen LogP contribution in [0, 0.1) is 0 Å². The Kier molecular flexibility index (Phi) is 5.45. The summed E-state index contributed by atoms with van der Waals surface area (Å²) in [6.07, 6.45) is 2.75. The Morgan fingerprint density at radius 3 is 2.39 bits per heavy atom. The number of amides is 1. The molecule has 5 N–H and O–H groups in total. The lowest BCUT2D eigenvalue weighted by atomic mass is 10.2. The molecule has 9 nitrogen and oxygen atoms in total. The molecule has 0 saturated carbocycles. The minimum absolute atomic E-state index is 0.0449. The third kappa shape index (κ3) is 4.36. The van der Waals surface area contributed by atoms with E-state index in [0.29, 0.717) is 10.7 Å². The van der Waals surface area contributed by atoms with Crippen LogP contribution in [0.4, 0.5) is 5.82 Å². The second-order valence-electron chi connectivity index (χ2n) is 5.64. The zero-order valence-electron chi connectivity index (χ0n) is 14.3. The molecule has 0 radical (unpaired) electrons. The predicted octanol–water partition coefficient (Wildman–Crippen LogP) is 1.52. The van der Waals surface area contributed by atoms with Gasteiger partial charge in [0.05, 0.1) is 23.0 Å². The summed E-state index contributed by atoms with van der Waals surface area (Å²) in [4.78, 5) is 12.2. The number of hydrogen-bond acceptors (Lipinski definition) is 6. The fraction of sp³-hybridized carbons (Fsp3) is 0. The maximum atomic E-state index is 12.3. The Morgan fingerprint density at radius 2 is 1.79 bits per heavy atom. The molecule has 11 heteroatoms. The first kappa shape index (κ1) is 19.5. The number of benzene rings is 2.